The number of nitrogens with zero attached hydrogens (tertiary/aromatic N) is 1. The maximum atomic E-state index is 4.53. The van der Waals surface area contributed by atoms with Crippen molar-refractivity contribution in [3.63, 3.8) is 0 Å². The summed E-state index contributed by atoms with van der Waals surface area (Å²) in [5.41, 5.74) is 2.23. The normalized spacial score (nSPS) is 10.7. The van der Waals surface area contributed by atoms with Crippen LogP contribution in [0.15, 0.2) is 18.3 Å². The Morgan fingerprint density at radius 3 is 3.07 bits per heavy atom. The Hall–Kier alpha value is -0.740. The molecule has 0 aliphatic carbocycles. The van der Waals surface area contributed by atoms with E-state index in [0.717, 1.165) is 28.6 Å². The van der Waals surface area contributed by atoms with E-state index in [0.29, 0.717) is 0 Å². The zero-order chi connectivity index (χ0) is 9.97. The third kappa shape index (κ3) is 1.86. The van der Waals surface area contributed by atoms with Crippen molar-refractivity contribution in [3.05, 3.63) is 28.9 Å². The van der Waals surface area contributed by atoms with E-state index in [4.69, 9.17) is 0 Å². The highest BCUT2D eigenvalue weighted by Gasteiger charge is 2.08. The summed E-state index contributed by atoms with van der Waals surface area (Å²) in [6.45, 7) is 2.06. The Bertz CT molecular complexity index is 404. The number of hydrogen-bond acceptors (Lipinski definition) is 3. The molecular weight excluding hydrogens is 212 g/mol. The number of H-pyrrole nitrogens is 1. The summed E-state index contributed by atoms with van der Waals surface area (Å²) in [5.74, 6) is 0.882. The molecule has 2 aromatic heterocycles. The second-order valence-electron chi connectivity index (χ2n) is 3.09. The van der Waals surface area contributed by atoms with Crippen molar-refractivity contribution in [2.45, 2.75) is 13.3 Å². The van der Waals surface area contributed by atoms with Crippen LogP contribution >= 0.6 is 24.0 Å². The third-order valence-corrected chi connectivity index (χ3v) is 3.53. The molecule has 2 rings (SSSR count). The van der Waals surface area contributed by atoms with Crippen LogP contribution in [0.5, 0.6) is 0 Å². The molecule has 0 aromatic carbocycles. The Morgan fingerprint density at radius 2 is 2.43 bits per heavy atom. The lowest BCUT2D eigenvalue weighted by Gasteiger charge is -1.90. The van der Waals surface area contributed by atoms with Crippen LogP contribution in [0, 0.1) is 6.92 Å². The summed E-state index contributed by atoms with van der Waals surface area (Å²) in [4.78, 5) is 9.03. The van der Waals surface area contributed by atoms with Gasteiger partial charge in [-0.2, -0.15) is 12.6 Å². The Morgan fingerprint density at radius 1 is 1.57 bits per heavy atom. The van der Waals surface area contributed by atoms with Gasteiger partial charge in [-0.25, -0.2) is 4.98 Å². The van der Waals surface area contributed by atoms with E-state index >= 15 is 0 Å². The number of nitrogens with one attached hydrogen (secondary N) is 1. The molecule has 2 heterocycles. The van der Waals surface area contributed by atoms with Gasteiger partial charge in [0, 0.05) is 11.1 Å². The Labute approximate surface area is 92.8 Å². The molecule has 0 amide bonds. The van der Waals surface area contributed by atoms with Gasteiger partial charge in [0.15, 0.2) is 0 Å². The SMILES string of the molecule is Cc1nc(-c2ccc[nH]2)sc1CCS. The highest BCUT2D eigenvalue weighted by Crippen LogP contribution is 2.26. The lowest BCUT2D eigenvalue weighted by Crippen LogP contribution is -1.84. The standard InChI is InChI=1S/C10H12N2S2/c1-7-9(4-6-13)14-10(12-7)8-3-2-5-11-8/h2-3,5,11,13H,4,6H2,1H3. The molecule has 0 unspecified atom stereocenters. The minimum Gasteiger partial charge on any atom is -0.359 e. The predicted molar refractivity (Wildman–Crippen MR) is 64.2 cm³/mol. The van der Waals surface area contributed by atoms with Gasteiger partial charge in [0.2, 0.25) is 0 Å². The van der Waals surface area contributed by atoms with Crippen molar-refractivity contribution in [2.24, 2.45) is 0 Å². The lowest BCUT2D eigenvalue weighted by molar-refractivity contribution is 1.13. The van der Waals surface area contributed by atoms with Crippen LogP contribution in [0.25, 0.3) is 10.7 Å². The van der Waals surface area contributed by atoms with Gasteiger partial charge in [0.25, 0.3) is 0 Å². The van der Waals surface area contributed by atoms with Crippen LogP contribution in [0.2, 0.25) is 0 Å². The average molecular weight is 224 g/mol. The lowest BCUT2D eigenvalue weighted by atomic mass is 10.3. The molecule has 0 bridgehead atoms. The molecule has 0 fully saturated rings. The van der Waals surface area contributed by atoms with E-state index in [-0.39, 0.29) is 0 Å². The highest BCUT2D eigenvalue weighted by molar-refractivity contribution is 7.80. The molecule has 14 heavy (non-hydrogen) atoms. The van der Waals surface area contributed by atoms with Gasteiger partial charge in [-0.05, 0) is 31.2 Å². The first-order valence-corrected chi connectivity index (χ1v) is 5.97. The number of thiazole rings is 1. The number of thiol groups is 1. The first kappa shape index (κ1) is 9.80. The van der Waals surface area contributed by atoms with Crippen LogP contribution in [0.3, 0.4) is 0 Å². The molecule has 0 saturated heterocycles. The number of aromatic nitrogens is 2. The first-order chi connectivity index (χ1) is 6.81. The zero-order valence-corrected chi connectivity index (χ0v) is 9.66. The summed E-state index contributed by atoms with van der Waals surface area (Å²) in [7, 11) is 0. The first-order valence-electron chi connectivity index (χ1n) is 4.52. The van der Waals surface area contributed by atoms with Gasteiger partial charge in [-0.1, -0.05) is 0 Å². The fourth-order valence-corrected chi connectivity index (χ4v) is 2.77. The molecule has 0 aliphatic rings. The summed E-state index contributed by atoms with van der Waals surface area (Å²) < 4.78 is 0. The van der Waals surface area contributed by atoms with Crippen molar-refractivity contribution in [1.29, 1.82) is 0 Å². The van der Waals surface area contributed by atoms with Crippen molar-refractivity contribution >= 4 is 24.0 Å². The van der Waals surface area contributed by atoms with Crippen LogP contribution in [-0.2, 0) is 6.42 Å². The van der Waals surface area contributed by atoms with Crippen molar-refractivity contribution in [3.8, 4) is 10.7 Å². The molecule has 0 aliphatic heterocycles. The number of aryl methyl sites for hydroxylation is 2. The van der Waals surface area contributed by atoms with Crippen molar-refractivity contribution < 1.29 is 0 Å². The second-order valence-corrected chi connectivity index (χ2v) is 4.62. The molecule has 0 atom stereocenters. The molecule has 74 valence electrons. The fourth-order valence-electron chi connectivity index (χ4n) is 1.34. The van der Waals surface area contributed by atoms with Crippen molar-refractivity contribution in [2.75, 3.05) is 5.75 Å². The van der Waals surface area contributed by atoms with Crippen LogP contribution in [0.1, 0.15) is 10.6 Å². The maximum absolute atomic E-state index is 4.53. The number of aromatic amines is 1. The van der Waals surface area contributed by atoms with Gasteiger partial charge in [-0.3, -0.25) is 0 Å². The number of rotatable bonds is 3. The van der Waals surface area contributed by atoms with Gasteiger partial charge >= 0.3 is 0 Å². The summed E-state index contributed by atoms with van der Waals surface area (Å²) in [5, 5.41) is 1.07. The number of hydrogen-bond donors (Lipinski definition) is 2. The molecule has 0 radical (unpaired) electrons. The molecule has 2 aromatic rings. The second kappa shape index (κ2) is 4.19. The Balaban J connectivity index is 2.33. The van der Waals surface area contributed by atoms with E-state index in [1.807, 2.05) is 18.3 Å². The smallest absolute Gasteiger partial charge is 0.140 e. The molecule has 0 saturated carbocycles. The van der Waals surface area contributed by atoms with Gasteiger partial charge < -0.3 is 4.98 Å². The topological polar surface area (TPSA) is 28.7 Å². The molecular formula is C10H12N2S2. The van der Waals surface area contributed by atoms with E-state index in [1.165, 1.54) is 4.88 Å². The molecule has 4 heteroatoms. The fraction of sp³-hybridized carbons (Fsp3) is 0.300. The molecule has 1 N–H and O–H groups in total. The summed E-state index contributed by atoms with van der Waals surface area (Å²) in [6, 6.07) is 4.03. The average Bonchev–Trinajstić information content (AvgIpc) is 2.76. The van der Waals surface area contributed by atoms with E-state index in [1.54, 1.807) is 11.3 Å². The van der Waals surface area contributed by atoms with E-state index in [2.05, 4.69) is 29.5 Å². The van der Waals surface area contributed by atoms with E-state index < -0.39 is 0 Å². The van der Waals surface area contributed by atoms with Crippen molar-refractivity contribution in [1.82, 2.24) is 9.97 Å². The summed E-state index contributed by atoms with van der Waals surface area (Å²) >= 11 is 5.99. The Kier molecular flexibility index (Phi) is 2.93. The van der Waals surface area contributed by atoms with Gasteiger partial charge in [0.1, 0.15) is 5.01 Å². The van der Waals surface area contributed by atoms with Gasteiger partial charge in [-0.15, -0.1) is 11.3 Å². The quantitative estimate of drug-likeness (QED) is 0.771. The van der Waals surface area contributed by atoms with Crippen LogP contribution < -0.4 is 0 Å². The van der Waals surface area contributed by atoms with Crippen LogP contribution in [0.4, 0.5) is 0 Å². The van der Waals surface area contributed by atoms with Crippen LogP contribution in [-0.4, -0.2) is 15.7 Å². The zero-order valence-electron chi connectivity index (χ0n) is 7.95. The predicted octanol–water partition coefficient (Wildman–Crippen LogP) is 2.92. The molecule has 2 nitrogen and oxygen atoms in total. The molecule has 0 spiro atoms. The minimum absolute atomic E-state index is 0.882. The van der Waals surface area contributed by atoms with E-state index in [9.17, 15) is 0 Å². The third-order valence-electron chi connectivity index (χ3n) is 2.06. The minimum atomic E-state index is 0.882. The monoisotopic (exact) mass is 224 g/mol. The maximum Gasteiger partial charge on any atom is 0.140 e. The highest BCUT2D eigenvalue weighted by atomic mass is 32.1. The van der Waals surface area contributed by atoms with Gasteiger partial charge in [0.05, 0.1) is 11.4 Å². The summed E-state index contributed by atoms with van der Waals surface area (Å²) in [6.07, 6.45) is 2.93. The largest absolute Gasteiger partial charge is 0.359 e.